The van der Waals surface area contributed by atoms with Crippen LogP contribution in [-0.4, -0.2) is 14.8 Å². The van der Waals surface area contributed by atoms with E-state index in [4.69, 9.17) is 0 Å². The SMILES string of the molecule is FC(F)(F)c1cccnc1-n1c[c]cn1. The summed E-state index contributed by atoms with van der Waals surface area (Å²) < 4.78 is 38.7. The topological polar surface area (TPSA) is 30.7 Å². The van der Waals surface area contributed by atoms with E-state index in [2.05, 4.69) is 16.1 Å². The van der Waals surface area contributed by atoms with Gasteiger partial charge in [0.2, 0.25) is 0 Å². The Bertz CT molecular complexity index is 448. The van der Waals surface area contributed by atoms with Crippen LogP contribution in [0.5, 0.6) is 0 Å². The molecule has 2 rings (SSSR count). The van der Waals surface area contributed by atoms with Gasteiger partial charge < -0.3 is 0 Å². The van der Waals surface area contributed by atoms with Crippen molar-refractivity contribution in [1.82, 2.24) is 14.8 Å². The molecule has 0 aliphatic rings. The average molecular weight is 212 g/mol. The second-order valence-electron chi connectivity index (χ2n) is 2.76. The first-order valence-electron chi connectivity index (χ1n) is 4.02. The number of aromatic nitrogens is 3. The van der Waals surface area contributed by atoms with Crippen LogP contribution in [0.4, 0.5) is 13.2 Å². The standard InChI is InChI=1S/C9H5F3N3/c10-9(11,12)7-3-1-4-13-8(7)15-6-2-5-14-15/h1,3-6H. The van der Waals surface area contributed by atoms with Crippen molar-refractivity contribution in [2.24, 2.45) is 0 Å². The van der Waals surface area contributed by atoms with Crippen LogP contribution < -0.4 is 0 Å². The van der Waals surface area contributed by atoms with E-state index in [-0.39, 0.29) is 5.82 Å². The molecule has 2 aromatic heterocycles. The first kappa shape index (κ1) is 9.70. The lowest BCUT2D eigenvalue weighted by Crippen LogP contribution is -2.12. The summed E-state index contributed by atoms with van der Waals surface area (Å²) in [4.78, 5) is 3.65. The Hall–Kier alpha value is -1.85. The molecule has 0 atom stereocenters. The van der Waals surface area contributed by atoms with Gasteiger partial charge in [0.25, 0.3) is 0 Å². The molecule has 0 bridgehead atoms. The fourth-order valence-electron chi connectivity index (χ4n) is 1.15. The van der Waals surface area contributed by atoms with Gasteiger partial charge in [0.05, 0.1) is 6.20 Å². The van der Waals surface area contributed by atoms with Crippen LogP contribution in [0, 0.1) is 6.07 Å². The first-order chi connectivity index (χ1) is 7.09. The second kappa shape index (κ2) is 3.38. The van der Waals surface area contributed by atoms with Crippen molar-refractivity contribution in [2.75, 3.05) is 0 Å². The maximum Gasteiger partial charge on any atom is 0.420 e. The molecule has 0 N–H and O–H groups in total. The molecule has 0 amide bonds. The number of halogens is 3. The van der Waals surface area contributed by atoms with E-state index in [1.54, 1.807) is 0 Å². The number of hydrogen-bond acceptors (Lipinski definition) is 2. The summed E-state index contributed by atoms with van der Waals surface area (Å²) in [6, 6.07) is 4.75. The van der Waals surface area contributed by atoms with E-state index in [1.165, 1.54) is 24.7 Å². The lowest BCUT2D eigenvalue weighted by atomic mass is 10.2. The van der Waals surface area contributed by atoms with Crippen LogP contribution >= 0.6 is 0 Å². The summed E-state index contributed by atoms with van der Waals surface area (Å²) in [6.07, 6.45) is -0.589. The molecule has 6 heteroatoms. The molecule has 2 heterocycles. The van der Waals surface area contributed by atoms with Gasteiger partial charge in [-0.25, -0.2) is 9.67 Å². The van der Waals surface area contributed by atoms with Gasteiger partial charge in [-0.3, -0.25) is 0 Å². The van der Waals surface area contributed by atoms with Crippen LogP contribution in [0.15, 0.2) is 30.7 Å². The molecule has 2 aromatic rings. The quantitative estimate of drug-likeness (QED) is 0.724. The highest BCUT2D eigenvalue weighted by atomic mass is 19.4. The van der Waals surface area contributed by atoms with Gasteiger partial charge in [-0.15, -0.1) is 0 Å². The maximum absolute atomic E-state index is 12.5. The van der Waals surface area contributed by atoms with Gasteiger partial charge in [-0.05, 0) is 12.1 Å². The molecule has 0 saturated heterocycles. The molecule has 0 fully saturated rings. The molecule has 0 spiro atoms. The predicted molar refractivity (Wildman–Crippen MR) is 45.2 cm³/mol. The van der Waals surface area contributed by atoms with Gasteiger partial charge in [0, 0.05) is 18.5 Å². The molecule has 0 unspecified atom stereocenters. The summed E-state index contributed by atoms with van der Waals surface area (Å²) >= 11 is 0. The Labute approximate surface area is 83.2 Å². The first-order valence-corrected chi connectivity index (χ1v) is 4.02. The molecular formula is C9H5F3N3. The summed E-state index contributed by atoms with van der Waals surface area (Å²) in [7, 11) is 0. The van der Waals surface area contributed by atoms with Crippen LogP contribution in [0.3, 0.4) is 0 Å². The summed E-state index contributed by atoms with van der Waals surface area (Å²) in [5, 5.41) is 3.66. The van der Waals surface area contributed by atoms with Crippen LogP contribution in [0.1, 0.15) is 5.56 Å². The van der Waals surface area contributed by atoms with Crippen molar-refractivity contribution >= 4 is 0 Å². The van der Waals surface area contributed by atoms with Crippen molar-refractivity contribution in [3.05, 3.63) is 42.4 Å². The fraction of sp³-hybridized carbons (Fsp3) is 0.111. The zero-order valence-electron chi connectivity index (χ0n) is 7.36. The lowest BCUT2D eigenvalue weighted by molar-refractivity contribution is -0.137. The molecule has 3 nitrogen and oxygen atoms in total. The van der Waals surface area contributed by atoms with E-state index in [0.29, 0.717) is 0 Å². The summed E-state index contributed by atoms with van der Waals surface area (Å²) in [5.41, 5.74) is -0.818. The summed E-state index contributed by atoms with van der Waals surface area (Å²) in [5.74, 6) is -0.244. The highest BCUT2D eigenvalue weighted by molar-refractivity contribution is 5.34. The van der Waals surface area contributed by atoms with Crippen LogP contribution in [-0.2, 0) is 6.18 Å². The molecular weight excluding hydrogens is 207 g/mol. The highest BCUT2D eigenvalue weighted by Gasteiger charge is 2.34. The van der Waals surface area contributed by atoms with Gasteiger partial charge in [0.1, 0.15) is 5.56 Å². The second-order valence-corrected chi connectivity index (χ2v) is 2.76. The number of pyridine rings is 1. The van der Waals surface area contributed by atoms with Crippen molar-refractivity contribution in [1.29, 1.82) is 0 Å². The largest absolute Gasteiger partial charge is 0.420 e. The Balaban J connectivity index is 2.58. The molecule has 0 saturated carbocycles. The van der Waals surface area contributed by atoms with E-state index in [9.17, 15) is 13.2 Å². The highest BCUT2D eigenvalue weighted by Crippen LogP contribution is 2.32. The summed E-state index contributed by atoms with van der Waals surface area (Å²) in [6.45, 7) is 0. The third-order valence-electron chi connectivity index (χ3n) is 1.76. The van der Waals surface area contributed by atoms with Crippen LogP contribution in [0.2, 0.25) is 0 Å². The van der Waals surface area contributed by atoms with Crippen molar-refractivity contribution in [2.45, 2.75) is 6.18 Å². The minimum Gasteiger partial charge on any atom is -0.237 e. The van der Waals surface area contributed by atoms with Crippen molar-refractivity contribution in [3.63, 3.8) is 0 Å². The Kier molecular flexibility index (Phi) is 2.18. The number of rotatable bonds is 1. The van der Waals surface area contributed by atoms with Gasteiger partial charge in [-0.1, -0.05) is 0 Å². The van der Waals surface area contributed by atoms with Crippen LogP contribution in [0.25, 0.3) is 5.82 Å². The fourth-order valence-corrected chi connectivity index (χ4v) is 1.15. The van der Waals surface area contributed by atoms with Gasteiger partial charge in [0.15, 0.2) is 5.82 Å². The third kappa shape index (κ3) is 1.83. The zero-order valence-corrected chi connectivity index (χ0v) is 7.36. The number of nitrogens with zero attached hydrogens (tertiary/aromatic N) is 3. The number of alkyl halides is 3. The molecule has 15 heavy (non-hydrogen) atoms. The van der Waals surface area contributed by atoms with Crippen molar-refractivity contribution in [3.8, 4) is 5.82 Å². The van der Waals surface area contributed by atoms with Gasteiger partial charge in [-0.2, -0.15) is 18.3 Å². The Morgan fingerprint density at radius 1 is 1.33 bits per heavy atom. The predicted octanol–water partition coefficient (Wildman–Crippen LogP) is 2.09. The Morgan fingerprint density at radius 2 is 2.13 bits per heavy atom. The molecule has 77 valence electrons. The van der Waals surface area contributed by atoms with E-state index >= 15 is 0 Å². The lowest BCUT2D eigenvalue weighted by Gasteiger charge is -2.10. The number of hydrogen-bond donors (Lipinski definition) is 0. The smallest absolute Gasteiger partial charge is 0.237 e. The maximum atomic E-state index is 12.5. The van der Waals surface area contributed by atoms with Crippen molar-refractivity contribution < 1.29 is 13.2 Å². The van der Waals surface area contributed by atoms with Gasteiger partial charge >= 0.3 is 6.18 Å². The molecule has 1 radical (unpaired) electrons. The minimum absolute atomic E-state index is 0.244. The van der Waals surface area contributed by atoms with E-state index < -0.39 is 11.7 Å². The molecule has 0 aliphatic carbocycles. The zero-order chi connectivity index (χ0) is 10.9. The van der Waals surface area contributed by atoms with E-state index in [0.717, 1.165) is 10.7 Å². The average Bonchev–Trinajstić information content (AvgIpc) is 2.69. The normalized spacial score (nSPS) is 11.7. The third-order valence-corrected chi connectivity index (χ3v) is 1.76. The Morgan fingerprint density at radius 3 is 2.73 bits per heavy atom. The monoisotopic (exact) mass is 212 g/mol. The molecule has 0 aromatic carbocycles. The molecule has 0 aliphatic heterocycles. The minimum atomic E-state index is -4.43. The van der Waals surface area contributed by atoms with E-state index in [1.807, 2.05) is 0 Å².